The smallest absolute Gasteiger partial charge is 0.274 e. The third-order valence-electron chi connectivity index (χ3n) is 4.25. The molecule has 0 radical (unpaired) electrons. The number of hydrogen-bond donors (Lipinski definition) is 0. The van der Waals surface area contributed by atoms with Crippen LogP contribution in [0.4, 0.5) is 4.39 Å². The second kappa shape index (κ2) is 6.84. The van der Waals surface area contributed by atoms with Crippen molar-refractivity contribution >= 4 is 17.2 Å². The van der Waals surface area contributed by atoms with Crippen LogP contribution in [0, 0.1) is 5.82 Å². The van der Waals surface area contributed by atoms with Gasteiger partial charge >= 0.3 is 0 Å². The van der Waals surface area contributed by atoms with E-state index in [-0.39, 0.29) is 23.2 Å². The summed E-state index contributed by atoms with van der Waals surface area (Å²) in [6.07, 6.45) is 1.96. The molecule has 1 amide bonds. The minimum Gasteiger partial charge on any atom is -0.329 e. The van der Waals surface area contributed by atoms with Crippen LogP contribution in [0.25, 0.3) is 5.69 Å². The molecule has 0 saturated heterocycles. The Labute approximate surface area is 153 Å². The first-order valence-corrected chi connectivity index (χ1v) is 9.19. The van der Waals surface area contributed by atoms with Gasteiger partial charge in [0, 0.05) is 17.0 Å². The molecule has 0 bridgehead atoms. The van der Waals surface area contributed by atoms with Gasteiger partial charge in [-0.1, -0.05) is 6.07 Å². The van der Waals surface area contributed by atoms with E-state index in [0.717, 1.165) is 22.4 Å². The van der Waals surface area contributed by atoms with E-state index >= 15 is 0 Å². The van der Waals surface area contributed by atoms with Crippen molar-refractivity contribution in [1.82, 2.24) is 14.7 Å². The van der Waals surface area contributed by atoms with Crippen molar-refractivity contribution in [3.8, 4) is 5.69 Å². The molecule has 0 aliphatic heterocycles. The highest BCUT2D eigenvalue weighted by Gasteiger charge is 2.34. The predicted octanol–water partition coefficient (Wildman–Crippen LogP) is 3.24. The largest absolute Gasteiger partial charge is 0.329 e. The lowest BCUT2D eigenvalue weighted by Gasteiger charge is -2.21. The van der Waals surface area contributed by atoms with Crippen LogP contribution in [0.1, 0.15) is 28.2 Å². The molecule has 26 heavy (non-hydrogen) atoms. The van der Waals surface area contributed by atoms with E-state index in [9.17, 15) is 14.0 Å². The third kappa shape index (κ3) is 3.43. The number of carbonyl (C=O) groups excluding carboxylic acids is 1. The van der Waals surface area contributed by atoms with Gasteiger partial charge in [-0.15, -0.1) is 11.3 Å². The van der Waals surface area contributed by atoms with Crippen LogP contribution in [-0.4, -0.2) is 26.6 Å². The first-order valence-electron chi connectivity index (χ1n) is 8.31. The number of thiophene rings is 1. The molecule has 3 aromatic rings. The molecule has 1 saturated carbocycles. The Bertz CT molecular complexity index is 979. The minimum atomic E-state index is -0.398. The Kier molecular flexibility index (Phi) is 4.38. The molecule has 1 aromatic carbocycles. The quantitative estimate of drug-likeness (QED) is 0.694. The van der Waals surface area contributed by atoms with Gasteiger partial charge in [0.05, 0.1) is 12.2 Å². The minimum absolute atomic E-state index is 0.197. The Morgan fingerprint density at radius 3 is 2.62 bits per heavy atom. The van der Waals surface area contributed by atoms with Gasteiger partial charge < -0.3 is 4.90 Å². The van der Waals surface area contributed by atoms with Gasteiger partial charge in [0.25, 0.3) is 11.5 Å². The van der Waals surface area contributed by atoms with Crippen molar-refractivity contribution in [3.63, 3.8) is 0 Å². The van der Waals surface area contributed by atoms with E-state index < -0.39 is 5.82 Å². The van der Waals surface area contributed by atoms with Gasteiger partial charge in [-0.05, 0) is 54.6 Å². The Hall–Kier alpha value is -2.80. The first kappa shape index (κ1) is 16.7. The van der Waals surface area contributed by atoms with Crippen LogP contribution in [0.5, 0.6) is 0 Å². The van der Waals surface area contributed by atoms with E-state index in [4.69, 9.17) is 0 Å². The Morgan fingerprint density at radius 1 is 1.19 bits per heavy atom. The molecule has 0 spiro atoms. The number of aromatic nitrogens is 2. The summed E-state index contributed by atoms with van der Waals surface area (Å²) in [5, 5.41) is 6.21. The average molecular weight is 369 g/mol. The first-order chi connectivity index (χ1) is 12.6. The maximum atomic E-state index is 13.1. The predicted molar refractivity (Wildman–Crippen MR) is 97.0 cm³/mol. The molecular formula is C19H16FN3O2S. The zero-order valence-corrected chi connectivity index (χ0v) is 14.7. The summed E-state index contributed by atoms with van der Waals surface area (Å²) in [6, 6.07) is 12.4. The van der Waals surface area contributed by atoms with Crippen LogP contribution in [0.15, 0.2) is 58.7 Å². The van der Waals surface area contributed by atoms with E-state index in [2.05, 4.69) is 5.10 Å². The molecule has 0 atom stereocenters. The number of nitrogens with zero attached hydrogens (tertiary/aromatic N) is 3. The van der Waals surface area contributed by atoms with Crippen LogP contribution in [-0.2, 0) is 6.54 Å². The average Bonchev–Trinajstić information content (AvgIpc) is 3.36. The molecule has 2 heterocycles. The third-order valence-corrected chi connectivity index (χ3v) is 5.11. The van der Waals surface area contributed by atoms with Crippen molar-refractivity contribution in [2.75, 3.05) is 0 Å². The van der Waals surface area contributed by atoms with Gasteiger partial charge in [0.15, 0.2) is 0 Å². The zero-order chi connectivity index (χ0) is 18.1. The molecular weight excluding hydrogens is 353 g/mol. The normalized spacial score (nSPS) is 13.6. The topological polar surface area (TPSA) is 55.2 Å². The lowest BCUT2D eigenvalue weighted by molar-refractivity contribution is 0.0723. The fourth-order valence-electron chi connectivity index (χ4n) is 2.76. The summed E-state index contributed by atoms with van der Waals surface area (Å²) in [5.41, 5.74) is 0.254. The highest BCUT2D eigenvalue weighted by Crippen LogP contribution is 2.30. The molecule has 0 N–H and O–H groups in total. The number of carbonyl (C=O) groups is 1. The Balaban J connectivity index is 1.66. The molecule has 4 rings (SSSR count). The Morgan fingerprint density at radius 2 is 1.96 bits per heavy atom. The highest BCUT2D eigenvalue weighted by atomic mass is 32.1. The van der Waals surface area contributed by atoms with Crippen LogP contribution < -0.4 is 5.56 Å². The summed E-state index contributed by atoms with van der Waals surface area (Å²) in [7, 11) is 0. The van der Waals surface area contributed by atoms with Crippen LogP contribution >= 0.6 is 11.3 Å². The standard InChI is InChI=1S/C19H16FN3O2S/c20-13-3-5-15(6-4-13)23-18(24)10-9-17(21-23)19(25)22(14-7-8-14)12-16-2-1-11-26-16/h1-6,9-11,14H,7-8,12H2. The molecule has 1 fully saturated rings. The fourth-order valence-corrected chi connectivity index (χ4v) is 3.47. The van der Waals surface area contributed by atoms with E-state index in [1.165, 1.54) is 36.4 Å². The van der Waals surface area contributed by atoms with Crippen molar-refractivity contribution in [3.05, 3.63) is 80.7 Å². The maximum absolute atomic E-state index is 13.1. The second-order valence-corrected chi connectivity index (χ2v) is 7.22. The summed E-state index contributed by atoms with van der Waals surface area (Å²) in [5.74, 6) is -0.596. The maximum Gasteiger partial charge on any atom is 0.274 e. The molecule has 2 aromatic heterocycles. The van der Waals surface area contributed by atoms with Gasteiger partial charge in [-0.25, -0.2) is 4.39 Å². The molecule has 7 heteroatoms. The van der Waals surface area contributed by atoms with Crippen molar-refractivity contribution < 1.29 is 9.18 Å². The molecule has 132 valence electrons. The number of amides is 1. The summed E-state index contributed by atoms with van der Waals surface area (Å²) < 4.78 is 14.3. The molecule has 1 aliphatic rings. The summed E-state index contributed by atoms with van der Waals surface area (Å²) >= 11 is 1.61. The number of benzene rings is 1. The van der Waals surface area contributed by atoms with Crippen LogP contribution in [0.3, 0.4) is 0 Å². The fraction of sp³-hybridized carbons (Fsp3) is 0.211. The second-order valence-electron chi connectivity index (χ2n) is 6.19. The van der Waals surface area contributed by atoms with Crippen molar-refractivity contribution in [2.24, 2.45) is 0 Å². The SMILES string of the molecule is O=C(c1ccc(=O)n(-c2ccc(F)cc2)n1)N(Cc1cccs1)C1CC1. The number of halogens is 1. The lowest BCUT2D eigenvalue weighted by Crippen LogP contribution is -2.34. The zero-order valence-electron chi connectivity index (χ0n) is 13.8. The van der Waals surface area contributed by atoms with Crippen molar-refractivity contribution in [2.45, 2.75) is 25.4 Å². The summed E-state index contributed by atoms with van der Waals surface area (Å²) in [4.78, 5) is 28.1. The lowest BCUT2D eigenvalue weighted by atomic mass is 10.3. The highest BCUT2D eigenvalue weighted by molar-refractivity contribution is 7.09. The van der Waals surface area contributed by atoms with Gasteiger partial charge in [0.1, 0.15) is 11.5 Å². The van der Waals surface area contributed by atoms with E-state index in [1.807, 2.05) is 22.4 Å². The van der Waals surface area contributed by atoms with Gasteiger partial charge in [0.2, 0.25) is 0 Å². The van der Waals surface area contributed by atoms with Gasteiger partial charge in [-0.2, -0.15) is 9.78 Å². The molecule has 1 aliphatic carbocycles. The van der Waals surface area contributed by atoms with E-state index in [0.29, 0.717) is 12.2 Å². The number of rotatable bonds is 5. The van der Waals surface area contributed by atoms with Crippen LogP contribution in [0.2, 0.25) is 0 Å². The van der Waals surface area contributed by atoms with Crippen molar-refractivity contribution in [1.29, 1.82) is 0 Å². The van der Waals surface area contributed by atoms with Gasteiger partial charge in [-0.3, -0.25) is 9.59 Å². The summed E-state index contributed by atoms with van der Waals surface area (Å²) in [6.45, 7) is 0.540. The van der Waals surface area contributed by atoms with E-state index in [1.54, 1.807) is 11.3 Å². The molecule has 5 nitrogen and oxygen atoms in total. The monoisotopic (exact) mass is 369 g/mol. The molecule has 0 unspecified atom stereocenters. The number of hydrogen-bond acceptors (Lipinski definition) is 4.